The zero-order chi connectivity index (χ0) is 15.2. The number of benzene rings is 1. The number of ether oxygens (including phenoxy) is 1. The van der Waals surface area contributed by atoms with Gasteiger partial charge in [0.15, 0.2) is 0 Å². The van der Waals surface area contributed by atoms with E-state index in [1.165, 1.54) is 0 Å². The monoisotopic (exact) mass is 292 g/mol. The molecule has 0 spiro atoms. The highest BCUT2D eigenvalue weighted by atomic mass is 16.5. The summed E-state index contributed by atoms with van der Waals surface area (Å²) >= 11 is 0. The number of aliphatic hydroxyl groups is 1. The van der Waals surface area contributed by atoms with Crippen molar-refractivity contribution in [3.63, 3.8) is 0 Å². The SMILES string of the molecule is COc1ccc(CNC(=O)CN(C)CC(O)C2CC2)cc1. The molecule has 1 aromatic rings. The molecule has 1 aromatic carbocycles. The molecule has 116 valence electrons. The van der Waals surface area contributed by atoms with E-state index in [1.54, 1.807) is 7.11 Å². The summed E-state index contributed by atoms with van der Waals surface area (Å²) in [6, 6.07) is 7.61. The Morgan fingerprint density at radius 1 is 1.43 bits per heavy atom. The number of carbonyl (C=O) groups is 1. The molecule has 5 nitrogen and oxygen atoms in total. The minimum Gasteiger partial charge on any atom is -0.497 e. The van der Waals surface area contributed by atoms with E-state index in [1.807, 2.05) is 36.2 Å². The van der Waals surface area contributed by atoms with Crippen LogP contribution in [0.15, 0.2) is 24.3 Å². The molecule has 1 atom stereocenters. The quantitative estimate of drug-likeness (QED) is 0.751. The molecule has 1 amide bonds. The Morgan fingerprint density at radius 3 is 2.67 bits per heavy atom. The van der Waals surface area contributed by atoms with Crippen LogP contribution in [0, 0.1) is 5.92 Å². The van der Waals surface area contributed by atoms with Crippen molar-refractivity contribution in [2.75, 3.05) is 27.2 Å². The van der Waals surface area contributed by atoms with Crippen molar-refractivity contribution in [3.8, 4) is 5.75 Å². The number of carbonyl (C=O) groups excluding carboxylic acids is 1. The minimum absolute atomic E-state index is 0.0312. The lowest BCUT2D eigenvalue weighted by Crippen LogP contribution is -2.38. The number of nitrogens with zero attached hydrogens (tertiary/aromatic N) is 1. The summed E-state index contributed by atoms with van der Waals surface area (Å²) in [4.78, 5) is 13.7. The van der Waals surface area contributed by atoms with Crippen molar-refractivity contribution in [3.05, 3.63) is 29.8 Å². The lowest BCUT2D eigenvalue weighted by atomic mass is 10.2. The Hall–Kier alpha value is -1.59. The second-order valence-electron chi connectivity index (χ2n) is 5.73. The maximum Gasteiger partial charge on any atom is 0.234 e. The maximum absolute atomic E-state index is 11.9. The molecule has 0 aliphatic heterocycles. The zero-order valence-electron chi connectivity index (χ0n) is 12.7. The van der Waals surface area contributed by atoms with E-state index < -0.39 is 0 Å². The van der Waals surface area contributed by atoms with Crippen LogP contribution in [0.3, 0.4) is 0 Å². The first kappa shape index (κ1) is 15.8. The average Bonchev–Trinajstić information content (AvgIpc) is 3.30. The third-order valence-corrected chi connectivity index (χ3v) is 3.73. The van der Waals surface area contributed by atoms with Crippen molar-refractivity contribution in [2.24, 2.45) is 5.92 Å². The van der Waals surface area contributed by atoms with Crippen molar-refractivity contribution in [1.29, 1.82) is 0 Å². The molecule has 0 saturated heterocycles. The summed E-state index contributed by atoms with van der Waals surface area (Å²) in [7, 11) is 3.49. The van der Waals surface area contributed by atoms with E-state index in [0.29, 0.717) is 25.6 Å². The predicted molar refractivity (Wildman–Crippen MR) is 81.1 cm³/mol. The van der Waals surface area contributed by atoms with Crippen LogP contribution in [0.25, 0.3) is 0 Å². The van der Waals surface area contributed by atoms with E-state index in [2.05, 4.69) is 5.32 Å². The fraction of sp³-hybridized carbons (Fsp3) is 0.562. The second kappa shape index (κ2) is 7.43. The van der Waals surface area contributed by atoms with E-state index in [0.717, 1.165) is 24.2 Å². The lowest BCUT2D eigenvalue weighted by molar-refractivity contribution is -0.122. The van der Waals surface area contributed by atoms with Crippen LogP contribution < -0.4 is 10.1 Å². The molecule has 5 heteroatoms. The second-order valence-corrected chi connectivity index (χ2v) is 5.73. The molecule has 21 heavy (non-hydrogen) atoms. The van der Waals surface area contributed by atoms with Crippen LogP contribution in [0.5, 0.6) is 5.75 Å². The summed E-state index contributed by atoms with van der Waals surface area (Å²) < 4.78 is 5.09. The molecule has 1 aliphatic carbocycles. The van der Waals surface area contributed by atoms with E-state index in [9.17, 15) is 9.90 Å². The molecule has 1 aliphatic rings. The molecule has 2 rings (SSSR count). The Morgan fingerprint density at radius 2 is 2.10 bits per heavy atom. The minimum atomic E-state index is -0.301. The van der Waals surface area contributed by atoms with E-state index >= 15 is 0 Å². The fourth-order valence-electron chi connectivity index (χ4n) is 2.26. The molecule has 0 radical (unpaired) electrons. The zero-order valence-corrected chi connectivity index (χ0v) is 12.7. The summed E-state index contributed by atoms with van der Waals surface area (Å²) in [5.41, 5.74) is 1.03. The van der Waals surface area contributed by atoms with Crippen molar-refractivity contribution in [1.82, 2.24) is 10.2 Å². The smallest absolute Gasteiger partial charge is 0.234 e. The molecular formula is C16H24N2O3. The van der Waals surface area contributed by atoms with Gasteiger partial charge < -0.3 is 15.2 Å². The van der Waals surface area contributed by atoms with Crippen molar-refractivity contribution < 1.29 is 14.6 Å². The highest BCUT2D eigenvalue weighted by Crippen LogP contribution is 2.32. The molecule has 0 aromatic heterocycles. The molecule has 2 N–H and O–H groups in total. The maximum atomic E-state index is 11.9. The van der Waals surface area contributed by atoms with Gasteiger partial charge in [0.2, 0.25) is 5.91 Å². The van der Waals surface area contributed by atoms with Gasteiger partial charge in [-0.1, -0.05) is 12.1 Å². The Kier molecular flexibility index (Phi) is 5.59. The first-order valence-electron chi connectivity index (χ1n) is 7.34. The summed E-state index contributed by atoms with van der Waals surface area (Å²) in [5, 5.41) is 12.7. The standard InChI is InChI=1S/C16H24N2O3/c1-18(10-15(19)13-5-6-13)11-16(20)17-9-12-3-7-14(21-2)8-4-12/h3-4,7-8,13,15,19H,5-6,9-11H2,1-2H3,(H,17,20). The van der Waals surface area contributed by atoms with Gasteiger partial charge in [-0.15, -0.1) is 0 Å². The van der Waals surface area contributed by atoms with Gasteiger partial charge in [-0.3, -0.25) is 9.69 Å². The largest absolute Gasteiger partial charge is 0.497 e. The third kappa shape index (κ3) is 5.36. The van der Waals surface area contributed by atoms with Gasteiger partial charge in [-0.2, -0.15) is 0 Å². The summed E-state index contributed by atoms with van der Waals surface area (Å²) in [5.74, 6) is 1.21. The Balaban J connectivity index is 1.68. The number of hydrogen-bond acceptors (Lipinski definition) is 4. The number of hydrogen-bond donors (Lipinski definition) is 2. The average molecular weight is 292 g/mol. The highest BCUT2D eigenvalue weighted by Gasteiger charge is 2.30. The van der Waals surface area contributed by atoms with Crippen LogP contribution in [0.4, 0.5) is 0 Å². The predicted octanol–water partition coefficient (Wildman–Crippen LogP) is 1.01. The van der Waals surface area contributed by atoms with Gasteiger partial charge in [0.05, 0.1) is 19.8 Å². The van der Waals surface area contributed by atoms with Crippen LogP contribution in [0.1, 0.15) is 18.4 Å². The number of nitrogens with one attached hydrogen (secondary N) is 1. The number of amides is 1. The van der Waals surface area contributed by atoms with E-state index in [-0.39, 0.29) is 12.0 Å². The molecule has 0 bridgehead atoms. The van der Waals surface area contributed by atoms with Crippen molar-refractivity contribution in [2.45, 2.75) is 25.5 Å². The molecule has 1 fully saturated rings. The Bertz CT molecular complexity index is 457. The van der Waals surface area contributed by atoms with Gasteiger partial charge >= 0.3 is 0 Å². The highest BCUT2D eigenvalue weighted by molar-refractivity contribution is 5.77. The van der Waals surface area contributed by atoms with Crippen LogP contribution in [0.2, 0.25) is 0 Å². The molecule has 0 heterocycles. The van der Waals surface area contributed by atoms with E-state index in [4.69, 9.17) is 4.74 Å². The van der Waals surface area contributed by atoms with Gasteiger partial charge in [0.1, 0.15) is 5.75 Å². The molecule has 1 unspecified atom stereocenters. The third-order valence-electron chi connectivity index (χ3n) is 3.73. The first-order chi connectivity index (χ1) is 10.1. The topological polar surface area (TPSA) is 61.8 Å². The number of rotatable bonds is 8. The Labute approximate surface area is 125 Å². The van der Waals surface area contributed by atoms with Gasteiger partial charge in [0, 0.05) is 13.1 Å². The van der Waals surface area contributed by atoms with Gasteiger partial charge in [-0.25, -0.2) is 0 Å². The molecule has 1 saturated carbocycles. The summed E-state index contributed by atoms with van der Waals surface area (Å²) in [6.07, 6.45) is 1.92. The van der Waals surface area contributed by atoms with Crippen molar-refractivity contribution >= 4 is 5.91 Å². The van der Waals surface area contributed by atoms with Crippen LogP contribution in [-0.4, -0.2) is 49.3 Å². The van der Waals surface area contributed by atoms with Crippen LogP contribution >= 0.6 is 0 Å². The normalized spacial score (nSPS) is 15.8. The number of methoxy groups -OCH3 is 1. The van der Waals surface area contributed by atoms with Gasteiger partial charge in [0.25, 0.3) is 0 Å². The molecular weight excluding hydrogens is 268 g/mol. The number of likely N-dealkylation sites (N-methyl/N-ethyl adjacent to an activating group) is 1. The summed E-state index contributed by atoms with van der Waals surface area (Å²) in [6.45, 7) is 1.36. The van der Waals surface area contributed by atoms with Gasteiger partial charge in [-0.05, 0) is 43.5 Å². The van der Waals surface area contributed by atoms with Crippen LogP contribution in [-0.2, 0) is 11.3 Å². The number of aliphatic hydroxyl groups excluding tert-OH is 1. The first-order valence-corrected chi connectivity index (χ1v) is 7.34. The lowest BCUT2D eigenvalue weighted by Gasteiger charge is -2.19. The fourth-order valence-corrected chi connectivity index (χ4v) is 2.26.